The van der Waals surface area contributed by atoms with Crippen molar-refractivity contribution in [2.75, 3.05) is 26.4 Å². The van der Waals surface area contributed by atoms with E-state index in [1.165, 1.54) is 180 Å². The van der Waals surface area contributed by atoms with Gasteiger partial charge >= 0.3 is 0 Å². The van der Waals surface area contributed by atoms with Gasteiger partial charge in [-0.2, -0.15) is 5.10 Å². The number of nitrogens with one attached hydrogen (secondary N) is 1. The zero-order valence-electron chi connectivity index (χ0n) is 40.1. The van der Waals surface area contributed by atoms with Crippen molar-refractivity contribution in [2.24, 2.45) is 0 Å². The fourth-order valence-corrected chi connectivity index (χ4v) is 8.10. The Bertz CT molecular complexity index is 1350. The summed E-state index contributed by atoms with van der Waals surface area (Å²) in [6.45, 7) is 12.0. The summed E-state index contributed by atoms with van der Waals surface area (Å²) in [5.41, 5.74) is 3.90. The summed E-state index contributed by atoms with van der Waals surface area (Å²) in [7, 11) is 0. The van der Waals surface area contributed by atoms with E-state index in [9.17, 15) is 0 Å². The van der Waals surface area contributed by atoms with Crippen LogP contribution in [0.4, 0.5) is 0 Å². The fraction of sp³-hybridized carbons (Fsp3) is 0.727. The van der Waals surface area contributed by atoms with E-state index in [0.29, 0.717) is 13.2 Å². The van der Waals surface area contributed by atoms with Gasteiger partial charge in [0.1, 0.15) is 0 Å². The number of H-pyrrole nitrogens is 1. The molecule has 0 spiro atoms. The van der Waals surface area contributed by atoms with Crippen LogP contribution >= 0.6 is 0 Å². The number of rotatable bonds is 42. The molecule has 0 atom stereocenters. The molecular weight excluding hydrogens is 753 g/mol. The van der Waals surface area contributed by atoms with Gasteiger partial charge in [0.05, 0.1) is 37.8 Å². The molecule has 0 unspecified atom stereocenters. The highest BCUT2D eigenvalue weighted by atomic mass is 16.5. The summed E-state index contributed by atoms with van der Waals surface area (Å²) >= 11 is 0. The van der Waals surface area contributed by atoms with Gasteiger partial charge in [-0.3, -0.25) is 5.10 Å². The van der Waals surface area contributed by atoms with Gasteiger partial charge in [0.15, 0.2) is 23.0 Å². The maximum Gasteiger partial charge on any atom is 0.161 e. The Labute approximate surface area is 375 Å². The van der Waals surface area contributed by atoms with Gasteiger partial charge in [-0.05, 0) is 68.1 Å². The molecule has 1 N–H and O–H groups in total. The first-order valence-corrected chi connectivity index (χ1v) is 26.1. The molecule has 0 saturated carbocycles. The van der Waals surface area contributed by atoms with Gasteiger partial charge in [0.25, 0.3) is 0 Å². The van der Waals surface area contributed by atoms with Gasteiger partial charge in [-0.1, -0.05) is 207 Å². The van der Waals surface area contributed by atoms with E-state index in [1.54, 1.807) is 0 Å². The predicted octanol–water partition coefficient (Wildman–Crippen LogP) is 17.8. The Hall–Kier alpha value is -3.15. The minimum atomic E-state index is 0.702. The lowest BCUT2D eigenvalue weighted by molar-refractivity contribution is 0.258. The van der Waals surface area contributed by atoms with Crippen LogP contribution in [0.15, 0.2) is 42.5 Å². The molecule has 0 bridgehead atoms. The number of aromatic nitrogens is 2. The molecule has 3 aromatic rings. The number of aromatic amines is 1. The lowest BCUT2D eigenvalue weighted by Crippen LogP contribution is -2.03. The smallest absolute Gasteiger partial charge is 0.161 e. The summed E-state index contributed by atoms with van der Waals surface area (Å²) in [5.74, 6) is 3.32. The van der Waals surface area contributed by atoms with Crippen molar-refractivity contribution >= 4 is 0 Å². The van der Waals surface area contributed by atoms with Gasteiger partial charge < -0.3 is 18.9 Å². The van der Waals surface area contributed by atoms with Gasteiger partial charge in [0.2, 0.25) is 0 Å². The van der Waals surface area contributed by atoms with Crippen LogP contribution in [-0.4, -0.2) is 36.6 Å². The summed E-state index contributed by atoms with van der Waals surface area (Å²) < 4.78 is 25.7. The molecule has 61 heavy (non-hydrogen) atoms. The zero-order chi connectivity index (χ0) is 43.3. The highest BCUT2D eigenvalue weighted by molar-refractivity contribution is 5.71. The standard InChI is InChI=1S/C55H92N2O4/c1-5-9-13-17-21-25-29-33-41-58-52-39-37-48(45-54(52)60-43-35-31-27-23-19-15-11-7-3)50-47-51(57-56-50)49-38-40-53(59-42-34-30-26-22-18-14-10-6-2)55(46-49)61-44-36-32-28-24-20-16-12-8-4/h37-40,45-47H,5-36,41-44H2,1-4H3,(H,56,57). The average molecular weight is 845 g/mol. The van der Waals surface area contributed by atoms with Crippen molar-refractivity contribution in [3.63, 3.8) is 0 Å². The first kappa shape index (κ1) is 52.2. The third-order valence-corrected chi connectivity index (χ3v) is 12.1. The van der Waals surface area contributed by atoms with Crippen LogP contribution in [0.3, 0.4) is 0 Å². The molecule has 2 aromatic carbocycles. The Morgan fingerprint density at radius 2 is 0.623 bits per heavy atom. The van der Waals surface area contributed by atoms with E-state index in [4.69, 9.17) is 24.0 Å². The van der Waals surface area contributed by atoms with Crippen LogP contribution in [0.5, 0.6) is 23.0 Å². The van der Waals surface area contributed by atoms with E-state index in [1.807, 2.05) is 0 Å². The molecule has 0 radical (unpaired) electrons. The first-order valence-electron chi connectivity index (χ1n) is 26.1. The van der Waals surface area contributed by atoms with E-state index >= 15 is 0 Å². The lowest BCUT2D eigenvalue weighted by atomic mass is 10.1. The van der Waals surface area contributed by atoms with Gasteiger partial charge in [-0.25, -0.2) is 0 Å². The Morgan fingerprint density at radius 1 is 0.328 bits per heavy atom. The maximum absolute atomic E-state index is 6.47. The van der Waals surface area contributed by atoms with Crippen molar-refractivity contribution in [3.05, 3.63) is 42.5 Å². The van der Waals surface area contributed by atoms with Gasteiger partial charge in [-0.15, -0.1) is 0 Å². The summed E-state index contributed by atoms with van der Waals surface area (Å²) in [4.78, 5) is 0. The van der Waals surface area contributed by atoms with Crippen molar-refractivity contribution < 1.29 is 18.9 Å². The van der Waals surface area contributed by atoms with Crippen LogP contribution < -0.4 is 18.9 Å². The van der Waals surface area contributed by atoms with Crippen molar-refractivity contribution in [2.45, 2.75) is 233 Å². The summed E-state index contributed by atoms with van der Waals surface area (Å²) in [6, 6.07) is 14.8. The second kappa shape index (κ2) is 36.3. The van der Waals surface area contributed by atoms with E-state index in [-0.39, 0.29) is 0 Å². The third kappa shape index (κ3) is 24.3. The van der Waals surface area contributed by atoms with Crippen LogP contribution in [0.25, 0.3) is 22.5 Å². The molecule has 1 heterocycles. The number of unbranched alkanes of at least 4 members (excludes halogenated alkanes) is 28. The van der Waals surface area contributed by atoms with Crippen LogP contribution in [0.1, 0.15) is 233 Å². The predicted molar refractivity (Wildman–Crippen MR) is 262 cm³/mol. The normalized spacial score (nSPS) is 11.3. The summed E-state index contributed by atoms with van der Waals surface area (Å²) in [5, 5.41) is 8.12. The molecular formula is C55H92N2O4. The van der Waals surface area contributed by atoms with E-state index in [2.05, 4.69) is 75.3 Å². The quantitative estimate of drug-likeness (QED) is 0.0576. The maximum atomic E-state index is 6.47. The largest absolute Gasteiger partial charge is 0.490 e. The first-order chi connectivity index (χ1) is 30.2. The summed E-state index contributed by atoms with van der Waals surface area (Å²) in [6.07, 6.45) is 41.1. The monoisotopic (exact) mass is 845 g/mol. The molecule has 0 aliphatic heterocycles. The van der Waals surface area contributed by atoms with Crippen molar-refractivity contribution in [1.29, 1.82) is 0 Å². The molecule has 3 rings (SSSR count). The molecule has 0 aliphatic rings. The van der Waals surface area contributed by atoms with Gasteiger partial charge in [0, 0.05) is 11.1 Å². The Kier molecular flexibility index (Phi) is 31.1. The second-order valence-electron chi connectivity index (χ2n) is 17.8. The molecule has 0 aliphatic carbocycles. The lowest BCUT2D eigenvalue weighted by Gasteiger charge is -2.14. The number of ether oxygens (including phenoxy) is 4. The van der Waals surface area contributed by atoms with Crippen LogP contribution in [0, 0.1) is 0 Å². The third-order valence-electron chi connectivity index (χ3n) is 12.1. The topological polar surface area (TPSA) is 65.6 Å². The van der Waals surface area contributed by atoms with Crippen LogP contribution in [0.2, 0.25) is 0 Å². The minimum Gasteiger partial charge on any atom is -0.490 e. The Morgan fingerprint density at radius 3 is 0.984 bits per heavy atom. The van der Waals surface area contributed by atoms with E-state index < -0.39 is 0 Å². The zero-order valence-corrected chi connectivity index (χ0v) is 40.1. The molecule has 0 fully saturated rings. The number of benzene rings is 2. The molecule has 6 heteroatoms. The number of hydrogen-bond donors (Lipinski definition) is 1. The highest BCUT2D eigenvalue weighted by Gasteiger charge is 2.14. The molecule has 1 aromatic heterocycles. The highest BCUT2D eigenvalue weighted by Crippen LogP contribution is 2.36. The molecule has 346 valence electrons. The number of nitrogens with zero attached hydrogens (tertiary/aromatic N) is 1. The Balaban J connectivity index is 1.65. The fourth-order valence-electron chi connectivity index (χ4n) is 8.10. The van der Waals surface area contributed by atoms with Crippen molar-refractivity contribution in [1.82, 2.24) is 10.2 Å². The molecule has 6 nitrogen and oxygen atoms in total. The minimum absolute atomic E-state index is 0.702. The van der Waals surface area contributed by atoms with Crippen molar-refractivity contribution in [3.8, 4) is 45.5 Å². The number of hydrogen-bond acceptors (Lipinski definition) is 5. The molecule has 0 saturated heterocycles. The van der Waals surface area contributed by atoms with Crippen LogP contribution in [-0.2, 0) is 0 Å². The second-order valence-corrected chi connectivity index (χ2v) is 17.8. The van der Waals surface area contributed by atoms with E-state index in [0.717, 1.165) is 84.4 Å². The SMILES string of the molecule is CCCCCCCCCCOc1ccc(-c2cc(-c3ccc(OCCCCCCCCCC)c(OCCCCCCCCCC)c3)[nH]n2)cc1OCCCCCCCCCC. The average Bonchev–Trinajstić information content (AvgIpc) is 3.78. The molecule has 0 amide bonds.